The molecule has 0 saturated carbocycles. The molecule has 0 aliphatic heterocycles. The molecule has 0 aliphatic carbocycles. The number of methoxy groups -OCH3 is 1. The first-order chi connectivity index (χ1) is 13.1. The van der Waals surface area contributed by atoms with Crippen LogP contribution in [0.4, 0.5) is 0 Å². The Morgan fingerprint density at radius 1 is 1.26 bits per heavy atom. The molecule has 0 saturated heterocycles. The fourth-order valence-electron chi connectivity index (χ4n) is 2.65. The van der Waals surface area contributed by atoms with Gasteiger partial charge in [0.15, 0.2) is 5.01 Å². The van der Waals surface area contributed by atoms with E-state index in [4.69, 9.17) is 16.3 Å². The largest absolute Gasteiger partial charge is 0.480 e. The van der Waals surface area contributed by atoms with Crippen LogP contribution in [0.25, 0.3) is 22.2 Å². The lowest BCUT2D eigenvalue weighted by Gasteiger charge is -2.05. The summed E-state index contributed by atoms with van der Waals surface area (Å²) in [4.78, 5) is 27.8. The molecule has 1 amide bonds. The van der Waals surface area contributed by atoms with Crippen LogP contribution in [0.3, 0.4) is 0 Å². The average Bonchev–Trinajstić information content (AvgIpc) is 3.35. The van der Waals surface area contributed by atoms with Gasteiger partial charge < -0.3 is 15.0 Å². The minimum absolute atomic E-state index is 0.198. The zero-order chi connectivity index (χ0) is 18.8. The number of hydrogen-bond donors (Lipinski definition) is 2. The van der Waals surface area contributed by atoms with Crippen LogP contribution in [0.5, 0.6) is 5.88 Å². The Morgan fingerprint density at radius 3 is 2.85 bits per heavy atom. The van der Waals surface area contributed by atoms with Crippen molar-refractivity contribution < 1.29 is 9.53 Å². The number of aromatic amines is 1. The van der Waals surface area contributed by atoms with Crippen molar-refractivity contribution in [1.29, 1.82) is 0 Å². The highest BCUT2D eigenvalue weighted by Gasteiger charge is 2.12. The quantitative estimate of drug-likeness (QED) is 0.534. The summed E-state index contributed by atoms with van der Waals surface area (Å²) in [6, 6.07) is 5.73. The Morgan fingerprint density at radius 2 is 2.15 bits per heavy atom. The van der Waals surface area contributed by atoms with Crippen LogP contribution in [0.2, 0.25) is 5.02 Å². The van der Waals surface area contributed by atoms with E-state index < -0.39 is 0 Å². The topological polar surface area (TPSA) is 92.8 Å². The van der Waals surface area contributed by atoms with Gasteiger partial charge in [-0.3, -0.25) is 4.79 Å². The zero-order valence-electron chi connectivity index (χ0n) is 14.2. The van der Waals surface area contributed by atoms with E-state index in [1.54, 1.807) is 24.0 Å². The average molecular weight is 400 g/mol. The van der Waals surface area contributed by atoms with Crippen molar-refractivity contribution in [3.05, 3.63) is 57.9 Å². The van der Waals surface area contributed by atoms with Crippen molar-refractivity contribution >= 4 is 39.7 Å². The van der Waals surface area contributed by atoms with Gasteiger partial charge in [0.2, 0.25) is 5.88 Å². The fraction of sp³-hybridized carbons (Fsp3) is 0.111. The van der Waals surface area contributed by atoms with Crippen LogP contribution in [0, 0.1) is 0 Å². The number of amides is 1. The number of aromatic nitrogens is 4. The smallest absolute Gasteiger partial charge is 0.280 e. The van der Waals surface area contributed by atoms with Gasteiger partial charge in [-0.15, -0.1) is 11.3 Å². The number of ether oxygens (including phenoxy) is 1. The molecule has 0 spiro atoms. The fourth-order valence-corrected chi connectivity index (χ4v) is 3.47. The van der Waals surface area contributed by atoms with Gasteiger partial charge in [0, 0.05) is 33.7 Å². The molecule has 2 N–H and O–H groups in total. The zero-order valence-corrected chi connectivity index (χ0v) is 15.8. The maximum Gasteiger partial charge on any atom is 0.280 e. The number of hydrogen-bond acceptors (Lipinski definition) is 6. The molecule has 1 aromatic carbocycles. The number of halogens is 1. The maximum absolute atomic E-state index is 12.0. The molecule has 0 bridgehead atoms. The summed E-state index contributed by atoms with van der Waals surface area (Å²) in [5.41, 5.74) is 3.17. The van der Waals surface area contributed by atoms with Crippen molar-refractivity contribution in [3.8, 4) is 17.1 Å². The SMILES string of the molecule is COc1cnc(-c2cc3[nH]c(CNC(=O)c4nccs4)cc3cc2Cl)cn1. The third-order valence-corrected chi connectivity index (χ3v) is 5.03. The van der Waals surface area contributed by atoms with E-state index in [0.717, 1.165) is 22.2 Å². The monoisotopic (exact) mass is 399 g/mol. The lowest BCUT2D eigenvalue weighted by molar-refractivity contribution is 0.0950. The predicted octanol–water partition coefficient (Wildman–Crippen LogP) is 3.67. The van der Waals surface area contributed by atoms with Gasteiger partial charge in [-0.2, -0.15) is 0 Å². The molecule has 3 heterocycles. The molecule has 0 radical (unpaired) electrons. The molecule has 0 unspecified atom stereocenters. The highest BCUT2D eigenvalue weighted by molar-refractivity contribution is 7.11. The molecule has 4 aromatic rings. The standard InChI is InChI=1S/C18H14ClN5O2S/c1-26-16-9-21-15(8-22-16)12-6-14-10(5-13(12)19)4-11(24-14)7-23-17(25)18-20-2-3-27-18/h2-6,8-9,24H,7H2,1H3,(H,23,25). The number of benzene rings is 1. The summed E-state index contributed by atoms with van der Waals surface area (Å²) in [6.45, 7) is 0.363. The van der Waals surface area contributed by atoms with E-state index in [0.29, 0.717) is 28.1 Å². The van der Waals surface area contributed by atoms with Crippen molar-refractivity contribution in [3.63, 3.8) is 0 Å². The second-order valence-electron chi connectivity index (χ2n) is 5.68. The third kappa shape index (κ3) is 3.62. The van der Waals surface area contributed by atoms with Gasteiger partial charge in [-0.25, -0.2) is 15.0 Å². The van der Waals surface area contributed by atoms with Crippen molar-refractivity contribution in [2.45, 2.75) is 6.54 Å². The van der Waals surface area contributed by atoms with Crippen LogP contribution in [0.15, 0.2) is 42.2 Å². The molecule has 0 atom stereocenters. The normalized spacial score (nSPS) is 10.9. The van der Waals surface area contributed by atoms with E-state index in [1.807, 2.05) is 18.2 Å². The first-order valence-corrected chi connectivity index (χ1v) is 9.25. The Bertz CT molecular complexity index is 1090. The number of H-pyrrole nitrogens is 1. The van der Waals surface area contributed by atoms with Crippen LogP contribution in [-0.2, 0) is 6.54 Å². The molecule has 4 rings (SSSR count). The van der Waals surface area contributed by atoms with Gasteiger partial charge in [0.25, 0.3) is 5.91 Å². The van der Waals surface area contributed by atoms with E-state index in [1.165, 1.54) is 18.4 Å². The summed E-state index contributed by atoms with van der Waals surface area (Å²) in [5, 5.41) is 6.57. The van der Waals surface area contributed by atoms with Crippen molar-refractivity contribution in [2.75, 3.05) is 7.11 Å². The van der Waals surface area contributed by atoms with E-state index in [9.17, 15) is 4.79 Å². The van der Waals surface area contributed by atoms with E-state index in [2.05, 4.69) is 25.3 Å². The number of thiazole rings is 1. The lowest BCUT2D eigenvalue weighted by atomic mass is 10.1. The molecule has 7 nitrogen and oxygen atoms in total. The molecule has 27 heavy (non-hydrogen) atoms. The van der Waals surface area contributed by atoms with Gasteiger partial charge in [0.05, 0.1) is 36.8 Å². The number of fused-ring (bicyclic) bond motifs is 1. The molecule has 0 fully saturated rings. The molecule has 9 heteroatoms. The summed E-state index contributed by atoms with van der Waals surface area (Å²) >= 11 is 7.73. The Kier molecular flexibility index (Phi) is 4.74. The van der Waals surface area contributed by atoms with Gasteiger partial charge >= 0.3 is 0 Å². The van der Waals surface area contributed by atoms with Crippen LogP contribution in [0.1, 0.15) is 15.5 Å². The maximum atomic E-state index is 12.0. The summed E-state index contributed by atoms with van der Waals surface area (Å²) in [7, 11) is 1.54. The van der Waals surface area contributed by atoms with E-state index >= 15 is 0 Å². The minimum Gasteiger partial charge on any atom is -0.480 e. The summed E-state index contributed by atoms with van der Waals surface area (Å²) < 4.78 is 5.03. The first kappa shape index (κ1) is 17.4. The predicted molar refractivity (Wildman–Crippen MR) is 104 cm³/mol. The molecule has 0 aliphatic rings. The first-order valence-electron chi connectivity index (χ1n) is 7.99. The third-order valence-electron chi connectivity index (χ3n) is 3.94. The van der Waals surface area contributed by atoms with Gasteiger partial charge in [-0.05, 0) is 18.2 Å². The number of nitrogens with zero attached hydrogens (tertiary/aromatic N) is 3. The summed E-state index contributed by atoms with van der Waals surface area (Å²) in [5.74, 6) is 0.241. The Labute approximate surface area is 163 Å². The summed E-state index contributed by atoms with van der Waals surface area (Å²) in [6.07, 6.45) is 4.77. The Hall–Kier alpha value is -2.97. The number of carbonyl (C=O) groups excluding carboxylic acids is 1. The molecule has 3 aromatic heterocycles. The van der Waals surface area contributed by atoms with Crippen LogP contribution < -0.4 is 10.1 Å². The number of nitrogens with one attached hydrogen (secondary N) is 2. The molecular formula is C18H14ClN5O2S. The van der Waals surface area contributed by atoms with Crippen LogP contribution in [-0.4, -0.2) is 33.0 Å². The van der Waals surface area contributed by atoms with Crippen molar-refractivity contribution in [2.24, 2.45) is 0 Å². The second kappa shape index (κ2) is 7.34. The van der Waals surface area contributed by atoms with Crippen molar-refractivity contribution in [1.82, 2.24) is 25.3 Å². The van der Waals surface area contributed by atoms with Gasteiger partial charge in [0.1, 0.15) is 0 Å². The van der Waals surface area contributed by atoms with Gasteiger partial charge in [-0.1, -0.05) is 11.6 Å². The van der Waals surface area contributed by atoms with Crippen LogP contribution >= 0.6 is 22.9 Å². The second-order valence-corrected chi connectivity index (χ2v) is 6.98. The van der Waals surface area contributed by atoms with E-state index in [-0.39, 0.29) is 5.91 Å². The number of carbonyl (C=O) groups is 1. The number of rotatable bonds is 5. The molecular weight excluding hydrogens is 386 g/mol. The highest BCUT2D eigenvalue weighted by atomic mass is 35.5. The molecule has 136 valence electrons. The highest BCUT2D eigenvalue weighted by Crippen LogP contribution is 2.31. The Balaban J connectivity index is 1.58. The minimum atomic E-state index is -0.198. The lowest BCUT2D eigenvalue weighted by Crippen LogP contribution is -2.22.